The van der Waals surface area contributed by atoms with Crippen LogP contribution in [0, 0.1) is 5.82 Å². The molecule has 2 aromatic carbocycles. The van der Waals surface area contributed by atoms with Gasteiger partial charge < -0.3 is 5.32 Å². The Morgan fingerprint density at radius 3 is 2.25 bits per heavy atom. The predicted molar refractivity (Wildman–Crippen MR) is 83.1 cm³/mol. The Kier molecular flexibility index (Phi) is 5.41. The van der Waals surface area contributed by atoms with E-state index in [1.807, 2.05) is 31.3 Å². The molecule has 4 heteroatoms. The van der Waals surface area contributed by atoms with Crippen LogP contribution in [0.5, 0.6) is 0 Å². The van der Waals surface area contributed by atoms with Crippen LogP contribution in [0.1, 0.15) is 11.1 Å². The second kappa shape index (κ2) is 7.07. The van der Waals surface area contributed by atoms with Gasteiger partial charge in [0.2, 0.25) is 0 Å². The van der Waals surface area contributed by atoms with E-state index >= 15 is 0 Å². The maximum Gasteiger partial charge on any atom is 0.126 e. The summed E-state index contributed by atoms with van der Waals surface area (Å²) >= 11 is 12.4. The minimum Gasteiger partial charge on any atom is -0.316 e. The molecule has 0 heterocycles. The summed E-state index contributed by atoms with van der Waals surface area (Å²) in [6.07, 6.45) is 1.24. The number of rotatable bonds is 5. The van der Waals surface area contributed by atoms with Crippen molar-refractivity contribution in [3.63, 3.8) is 0 Å². The molecule has 0 saturated heterocycles. The van der Waals surface area contributed by atoms with E-state index in [4.69, 9.17) is 23.2 Å². The van der Waals surface area contributed by atoms with Gasteiger partial charge in [0.05, 0.1) is 0 Å². The number of halogens is 3. The summed E-state index contributed by atoms with van der Waals surface area (Å²) in [5.41, 5.74) is 1.58. The molecule has 106 valence electrons. The van der Waals surface area contributed by atoms with Crippen LogP contribution in [-0.2, 0) is 12.8 Å². The van der Waals surface area contributed by atoms with Crippen molar-refractivity contribution in [2.45, 2.75) is 18.9 Å². The fourth-order valence-electron chi connectivity index (χ4n) is 2.18. The molecule has 2 aromatic rings. The molecule has 1 nitrogen and oxygen atoms in total. The number of hydrogen-bond acceptors (Lipinski definition) is 1. The Bertz CT molecular complexity index is 566. The molecule has 0 bridgehead atoms. The van der Waals surface area contributed by atoms with E-state index in [2.05, 4.69) is 5.32 Å². The minimum atomic E-state index is -0.182. The predicted octanol–water partition coefficient (Wildman–Crippen LogP) is 4.51. The molecule has 0 aromatic heterocycles. The third-order valence-corrected chi connectivity index (χ3v) is 4.05. The lowest BCUT2D eigenvalue weighted by atomic mass is 9.98. The first-order valence-corrected chi connectivity index (χ1v) is 7.21. The van der Waals surface area contributed by atoms with Crippen molar-refractivity contribution >= 4 is 23.2 Å². The van der Waals surface area contributed by atoms with Gasteiger partial charge in [0.15, 0.2) is 0 Å². The van der Waals surface area contributed by atoms with Gasteiger partial charge in [-0.25, -0.2) is 4.39 Å². The van der Waals surface area contributed by atoms with Crippen LogP contribution in [0.25, 0.3) is 0 Å². The van der Waals surface area contributed by atoms with E-state index in [9.17, 15) is 4.39 Å². The van der Waals surface area contributed by atoms with E-state index in [-0.39, 0.29) is 11.9 Å². The summed E-state index contributed by atoms with van der Waals surface area (Å²) in [5, 5.41) is 4.49. The van der Waals surface area contributed by atoms with E-state index in [0.29, 0.717) is 28.5 Å². The van der Waals surface area contributed by atoms with Crippen molar-refractivity contribution in [1.29, 1.82) is 0 Å². The number of benzene rings is 2. The maximum atomic E-state index is 13.7. The molecule has 0 amide bonds. The standard InChI is InChI=1S/C16H16Cl2FN/c1-20-12(9-11-5-2-3-8-16(11)19)10-13-14(17)6-4-7-15(13)18/h2-8,12,20H,9-10H2,1H3. The Morgan fingerprint density at radius 1 is 1.00 bits per heavy atom. The molecule has 0 radical (unpaired) electrons. The fourth-order valence-corrected chi connectivity index (χ4v) is 2.73. The van der Waals surface area contributed by atoms with Gasteiger partial charge in [0.25, 0.3) is 0 Å². The largest absolute Gasteiger partial charge is 0.316 e. The average molecular weight is 312 g/mol. The maximum absolute atomic E-state index is 13.7. The molecular weight excluding hydrogens is 296 g/mol. The third kappa shape index (κ3) is 3.72. The van der Waals surface area contributed by atoms with Gasteiger partial charge in [-0.05, 0) is 49.2 Å². The van der Waals surface area contributed by atoms with Crippen molar-refractivity contribution < 1.29 is 4.39 Å². The van der Waals surface area contributed by atoms with Gasteiger partial charge in [-0.1, -0.05) is 47.5 Å². The highest BCUT2D eigenvalue weighted by Gasteiger charge is 2.14. The fraction of sp³-hybridized carbons (Fsp3) is 0.250. The number of nitrogens with one attached hydrogen (secondary N) is 1. The van der Waals surface area contributed by atoms with E-state index < -0.39 is 0 Å². The molecule has 0 saturated carbocycles. The molecule has 2 rings (SSSR count). The van der Waals surface area contributed by atoms with Crippen molar-refractivity contribution in [2.24, 2.45) is 0 Å². The van der Waals surface area contributed by atoms with E-state index in [1.54, 1.807) is 12.1 Å². The second-order valence-corrected chi connectivity index (χ2v) is 5.50. The normalized spacial score (nSPS) is 12.4. The zero-order valence-electron chi connectivity index (χ0n) is 11.2. The van der Waals surface area contributed by atoms with Crippen LogP contribution in [0.3, 0.4) is 0 Å². The zero-order chi connectivity index (χ0) is 14.5. The van der Waals surface area contributed by atoms with Crippen molar-refractivity contribution in [3.8, 4) is 0 Å². The topological polar surface area (TPSA) is 12.0 Å². The summed E-state index contributed by atoms with van der Waals surface area (Å²) in [6, 6.07) is 12.3. The summed E-state index contributed by atoms with van der Waals surface area (Å²) in [7, 11) is 1.86. The first-order valence-electron chi connectivity index (χ1n) is 6.45. The second-order valence-electron chi connectivity index (χ2n) is 4.69. The molecule has 1 unspecified atom stereocenters. The zero-order valence-corrected chi connectivity index (χ0v) is 12.7. The Labute approximate surface area is 128 Å². The van der Waals surface area contributed by atoms with Gasteiger partial charge in [-0.3, -0.25) is 0 Å². The summed E-state index contributed by atoms with van der Waals surface area (Å²) in [4.78, 5) is 0. The Morgan fingerprint density at radius 2 is 1.65 bits per heavy atom. The lowest BCUT2D eigenvalue weighted by Gasteiger charge is -2.18. The quantitative estimate of drug-likeness (QED) is 0.857. The molecule has 0 aliphatic rings. The van der Waals surface area contributed by atoms with Crippen LogP contribution < -0.4 is 5.32 Å². The monoisotopic (exact) mass is 311 g/mol. The summed E-state index contributed by atoms with van der Waals surface area (Å²) in [5.74, 6) is -0.182. The molecule has 0 aliphatic heterocycles. The van der Waals surface area contributed by atoms with Crippen LogP contribution in [0.15, 0.2) is 42.5 Å². The number of likely N-dealkylation sites (N-methyl/N-ethyl adjacent to an activating group) is 1. The van der Waals surface area contributed by atoms with Gasteiger partial charge >= 0.3 is 0 Å². The highest BCUT2D eigenvalue weighted by molar-refractivity contribution is 6.36. The van der Waals surface area contributed by atoms with Crippen molar-refractivity contribution in [3.05, 3.63) is 69.5 Å². The van der Waals surface area contributed by atoms with Crippen LogP contribution in [0.4, 0.5) is 4.39 Å². The highest BCUT2D eigenvalue weighted by Crippen LogP contribution is 2.26. The first kappa shape index (κ1) is 15.3. The molecule has 0 fully saturated rings. The summed E-state index contributed by atoms with van der Waals surface area (Å²) in [6.45, 7) is 0. The average Bonchev–Trinajstić information content (AvgIpc) is 2.44. The van der Waals surface area contributed by atoms with Gasteiger partial charge in [-0.2, -0.15) is 0 Å². The first-order chi connectivity index (χ1) is 9.61. The molecule has 20 heavy (non-hydrogen) atoms. The van der Waals surface area contributed by atoms with Crippen molar-refractivity contribution in [1.82, 2.24) is 5.32 Å². The van der Waals surface area contributed by atoms with Crippen LogP contribution in [0.2, 0.25) is 10.0 Å². The Balaban J connectivity index is 2.16. The smallest absolute Gasteiger partial charge is 0.126 e. The van der Waals surface area contributed by atoms with Gasteiger partial charge in [-0.15, -0.1) is 0 Å². The lowest BCUT2D eigenvalue weighted by Crippen LogP contribution is -2.30. The minimum absolute atomic E-state index is 0.0734. The SMILES string of the molecule is CNC(Cc1ccccc1F)Cc1c(Cl)cccc1Cl. The van der Waals surface area contributed by atoms with Crippen LogP contribution >= 0.6 is 23.2 Å². The van der Waals surface area contributed by atoms with Crippen LogP contribution in [-0.4, -0.2) is 13.1 Å². The molecule has 0 spiro atoms. The highest BCUT2D eigenvalue weighted by atomic mass is 35.5. The van der Waals surface area contributed by atoms with E-state index in [0.717, 1.165) is 5.56 Å². The van der Waals surface area contributed by atoms with Gasteiger partial charge in [0.1, 0.15) is 5.82 Å². The van der Waals surface area contributed by atoms with E-state index in [1.165, 1.54) is 6.07 Å². The lowest BCUT2D eigenvalue weighted by molar-refractivity contribution is 0.532. The van der Waals surface area contributed by atoms with Crippen molar-refractivity contribution in [2.75, 3.05) is 7.05 Å². The molecule has 1 atom stereocenters. The molecular formula is C16H16Cl2FN. The Hall–Kier alpha value is -1.09. The summed E-state index contributed by atoms with van der Waals surface area (Å²) < 4.78 is 13.7. The third-order valence-electron chi connectivity index (χ3n) is 3.34. The molecule has 1 N–H and O–H groups in total. The van der Waals surface area contributed by atoms with Gasteiger partial charge in [0, 0.05) is 16.1 Å². The molecule has 0 aliphatic carbocycles. The number of hydrogen-bond donors (Lipinski definition) is 1.